The second-order valence-electron chi connectivity index (χ2n) is 8.59. The van der Waals surface area contributed by atoms with Crippen LogP contribution in [0.4, 0.5) is 0 Å². The molecule has 3 rings (SSSR count). The van der Waals surface area contributed by atoms with E-state index in [1.54, 1.807) is 25.2 Å². The quantitative estimate of drug-likeness (QED) is 0.368. The highest BCUT2D eigenvalue weighted by atomic mass is 35.5. The molecule has 1 N–H and O–H groups in total. The van der Waals surface area contributed by atoms with Gasteiger partial charge in [-0.2, -0.15) is 0 Å². The molecule has 5 nitrogen and oxygen atoms in total. The van der Waals surface area contributed by atoms with Crippen molar-refractivity contribution in [3.63, 3.8) is 0 Å². The van der Waals surface area contributed by atoms with Gasteiger partial charge in [-0.05, 0) is 46.9 Å². The average Bonchev–Trinajstić information content (AvgIpc) is 2.86. The molecule has 3 aromatic carbocycles. The number of nitrogens with one attached hydrogen (secondary N) is 1. The maximum absolute atomic E-state index is 13.5. The van der Waals surface area contributed by atoms with Crippen LogP contribution in [0.5, 0.6) is 5.75 Å². The molecule has 1 atom stereocenters. The number of nitrogens with zero attached hydrogens (tertiary/aromatic N) is 1. The number of hydrogen-bond acceptors (Lipinski definition) is 3. The van der Waals surface area contributed by atoms with Gasteiger partial charge >= 0.3 is 0 Å². The second-order valence-corrected chi connectivity index (χ2v) is 9.43. The zero-order valence-corrected chi connectivity index (χ0v) is 21.6. The van der Waals surface area contributed by atoms with Gasteiger partial charge in [-0.25, -0.2) is 0 Å². The van der Waals surface area contributed by atoms with E-state index in [4.69, 9.17) is 27.9 Å². The molecule has 0 aromatic heterocycles. The average molecular weight is 513 g/mol. The summed E-state index contributed by atoms with van der Waals surface area (Å²) >= 11 is 12.5. The third-order valence-corrected chi connectivity index (χ3v) is 6.37. The summed E-state index contributed by atoms with van der Waals surface area (Å²) in [5.74, 6) is 0.394. The lowest BCUT2D eigenvalue weighted by Crippen LogP contribution is -2.51. The number of likely N-dealkylation sites (N-methyl/N-ethyl adjacent to an activating group) is 1. The Labute approximate surface area is 217 Å². The van der Waals surface area contributed by atoms with Crippen LogP contribution < -0.4 is 10.1 Å². The highest BCUT2D eigenvalue weighted by Crippen LogP contribution is 2.24. The van der Waals surface area contributed by atoms with Crippen molar-refractivity contribution in [1.29, 1.82) is 0 Å². The van der Waals surface area contributed by atoms with Crippen molar-refractivity contribution in [2.45, 2.75) is 38.8 Å². The molecule has 0 saturated heterocycles. The summed E-state index contributed by atoms with van der Waals surface area (Å²) in [5.41, 5.74) is 2.81. The summed E-state index contributed by atoms with van der Waals surface area (Å²) in [5, 5.41) is 3.62. The highest BCUT2D eigenvalue weighted by Gasteiger charge is 2.30. The molecule has 0 saturated carbocycles. The number of hydrogen-bond donors (Lipinski definition) is 1. The van der Waals surface area contributed by atoms with E-state index < -0.39 is 6.04 Å². The Morgan fingerprint density at radius 2 is 1.66 bits per heavy atom. The van der Waals surface area contributed by atoms with Crippen LogP contribution in [0.2, 0.25) is 10.0 Å². The van der Waals surface area contributed by atoms with Gasteiger partial charge in [0.1, 0.15) is 11.8 Å². The molecule has 184 valence electrons. The molecule has 0 unspecified atom stereocenters. The molecule has 2 amide bonds. The molecule has 0 aliphatic carbocycles. The molecule has 0 aliphatic heterocycles. The molecule has 7 heteroatoms. The summed E-state index contributed by atoms with van der Waals surface area (Å²) in [7, 11) is 1.56. The first-order valence-electron chi connectivity index (χ1n) is 11.5. The normalized spacial score (nSPS) is 11.7. The minimum atomic E-state index is -0.756. The Hall–Kier alpha value is -3.02. The van der Waals surface area contributed by atoms with Gasteiger partial charge in [0.05, 0.1) is 0 Å². The van der Waals surface area contributed by atoms with Crippen molar-refractivity contribution in [3.05, 3.63) is 99.5 Å². The number of carbonyl (C=O) groups is 2. The van der Waals surface area contributed by atoms with Gasteiger partial charge < -0.3 is 15.0 Å². The molecule has 3 aromatic rings. The van der Waals surface area contributed by atoms with Crippen molar-refractivity contribution in [3.8, 4) is 5.75 Å². The molecule has 0 fully saturated rings. The van der Waals surface area contributed by atoms with Gasteiger partial charge in [0.25, 0.3) is 5.91 Å². The highest BCUT2D eigenvalue weighted by molar-refractivity contribution is 6.35. The fraction of sp³-hybridized carbons (Fsp3) is 0.286. The lowest BCUT2D eigenvalue weighted by Gasteiger charge is -2.31. The molecule has 0 bridgehead atoms. The Balaban J connectivity index is 1.87. The zero-order valence-electron chi connectivity index (χ0n) is 20.1. The number of ether oxygens (including phenoxy) is 1. The second kappa shape index (κ2) is 12.6. The number of benzene rings is 3. The summed E-state index contributed by atoms with van der Waals surface area (Å²) in [6.07, 6.45) is 0.348. The summed E-state index contributed by atoms with van der Waals surface area (Å²) in [6, 6.07) is 21.6. The topological polar surface area (TPSA) is 58.6 Å². The van der Waals surface area contributed by atoms with Gasteiger partial charge in [-0.1, -0.05) is 85.6 Å². The van der Waals surface area contributed by atoms with E-state index in [0.29, 0.717) is 33.7 Å². The predicted molar refractivity (Wildman–Crippen MR) is 141 cm³/mol. The number of rotatable bonds is 10. The lowest BCUT2D eigenvalue weighted by molar-refractivity contribution is -0.142. The summed E-state index contributed by atoms with van der Waals surface area (Å²) < 4.78 is 5.81. The lowest BCUT2D eigenvalue weighted by atomic mass is 10.0. The fourth-order valence-electron chi connectivity index (χ4n) is 3.73. The van der Waals surface area contributed by atoms with Crippen molar-refractivity contribution >= 4 is 35.0 Å². The van der Waals surface area contributed by atoms with Crippen molar-refractivity contribution in [1.82, 2.24) is 10.2 Å². The van der Waals surface area contributed by atoms with E-state index in [0.717, 1.165) is 5.56 Å². The number of amides is 2. The fourth-order valence-corrected chi connectivity index (χ4v) is 4.20. The van der Waals surface area contributed by atoms with E-state index in [1.807, 2.05) is 54.6 Å². The first-order valence-corrected chi connectivity index (χ1v) is 12.3. The number of halogens is 2. The SMILES string of the molecule is CNC(=O)[C@H](Cc1ccccc1)N(Cc1ccc(Cl)cc1Cl)C(=O)COc1ccc(C(C)C)cc1. The van der Waals surface area contributed by atoms with Gasteiger partial charge in [-0.15, -0.1) is 0 Å². The minimum Gasteiger partial charge on any atom is -0.484 e. The largest absolute Gasteiger partial charge is 0.484 e. The Kier molecular flexibility index (Phi) is 9.58. The molecular weight excluding hydrogens is 483 g/mol. The van der Waals surface area contributed by atoms with Crippen LogP contribution in [0, 0.1) is 0 Å². The van der Waals surface area contributed by atoms with Crippen LogP contribution in [0.25, 0.3) is 0 Å². The molecule has 35 heavy (non-hydrogen) atoms. The third-order valence-electron chi connectivity index (χ3n) is 5.78. The Bertz CT molecular complexity index is 1130. The molecular formula is C28H30Cl2N2O3. The molecule has 0 spiro atoms. The van der Waals surface area contributed by atoms with E-state index in [9.17, 15) is 9.59 Å². The van der Waals surface area contributed by atoms with Crippen LogP contribution in [0.3, 0.4) is 0 Å². The van der Waals surface area contributed by atoms with Crippen LogP contribution in [0.15, 0.2) is 72.8 Å². The van der Waals surface area contributed by atoms with E-state index in [2.05, 4.69) is 19.2 Å². The van der Waals surface area contributed by atoms with Crippen molar-refractivity contribution in [2.24, 2.45) is 0 Å². The van der Waals surface area contributed by atoms with Crippen LogP contribution >= 0.6 is 23.2 Å². The maximum Gasteiger partial charge on any atom is 0.261 e. The van der Waals surface area contributed by atoms with Crippen LogP contribution in [0.1, 0.15) is 36.5 Å². The predicted octanol–water partition coefficient (Wildman–Crippen LogP) is 5.88. The van der Waals surface area contributed by atoms with E-state index in [1.165, 1.54) is 10.5 Å². The monoisotopic (exact) mass is 512 g/mol. The molecule has 0 radical (unpaired) electrons. The summed E-state index contributed by atoms with van der Waals surface area (Å²) in [6.45, 7) is 4.15. The third kappa shape index (κ3) is 7.48. The number of carbonyl (C=O) groups excluding carboxylic acids is 2. The smallest absolute Gasteiger partial charge is 0.261 e. The molecule has 0 heterocycles. The van der Waals surface area contributed by atoms with Crippen LogP contribution in [-0.2, 0) is 22.6 Å². The van der Waals surface area contributed by atoms with Gasteiger partial charge in [0, 0.05) is 30.1 Å². The Morgan fingerprint density at radius 1 is 0.971 bits per heavy atom. The standard InChI is InChI=1S/C28H30Cl2N2O3/c1-19(2)21-10-13-24(14-11-21)35-18-27(33)32(17-22-9-12-23(29)16-25(22)30)26(28(34)31-3)15-20-7-5-4-6-8-20/h4-14,16,19,26H,15,17-18H2,1-3H3,(H,31,34)/t26-/m0/s1. The maximum atomic E-state index is 13.5. The molecule has 0 aliphatic rings. The Morgan fingerprint density at radius 3 is 2.26 bits per heavy atom. The van der Waals surface area contributed by atoms with Gasteiger partial charge in [0.15, 0.2) is 6.61 Å². The van der Waals surface area contributed by atoms with Crippen molar-refractivity contribution in [2.75, 3.05) is 13.7 Å². The van der Waals surface area contributed by atoms with Crippen LogP contribution in [-0.4, -0.2) is 36.4 Å². The minimum absolute atomic E-state index is 0.134. The van der Waals surface area contributed by atoms with E-state index in [-0.39, 0.29) is 25.0 Å². The first-order chi connectivity index (χ1) is 16.8. The van der Waals surface area contributed by atoms with Crippen molar-refractivity contribution < 1.29 is 14.3 Å². The first kappa shape index (κ1) is 26.6. The van der Waals surface area contributed by atoms with E-state index >= 15 is 0 Å². The van der Waals surface area contributed by atoms with Gasteiger partial charge in [-0.3, -0.25) is 9.59 Å². The summed E-state index contributed by atoms with van der Waals surface area (Å²) in [4.78, 5) is 28.0. The van der Waals surface area contributed by atoms with Gasteiger partial charge in [0.2, 0.25) is 5.91 Å². The zero-order chi connectivity index (χ0) is 25.4.